The summed E-state index contributed by atoms with van der Waals surface area (Å²) >= 11 is 6.15. The first-order chi connectivity index (χ1) is 12.2. The molecule has 0 spiro atoms. The Labute approximate surface area is 178 Å². The van der Waals surface area contributed by atoms with Crippen LogP contribution in [0.15, 0.2) is 23.2 Å². The third-order valence-corrected chi connectivity index (χ3v) is 3.77. The maximum atomic E-state index is 12.3. The number of hydrogen-bond donors (Lipinski definition) is 2. The van der Waals surface area contributed by atoms with Gasteiger partial charge in [-0.15, -0.1) is 24.0 Å². The van der Waals surface area contributed by atoms with E-state index in [4.69, 9.17) is 16.3 Å². The molecule has 6 nitrogen and oxygen atoms in total. The van der Waals surface area contributed by atoms with Crippen molar-refractivity contribution in [3.8, 4) is 5.75 Å². The van der Waals surface area contributed by atoms with E-state index in [-0.39, 0.29) is 30.5 Å². The molecule has 1 aromatic rings. The minimum absolute atomic E-state index is 0. The molecule has 1 aromatic carbocycles. The zero-order valence-corrected chi connectivity index (χ0v) is 18.3. The number of aliphatic imine (C=N–C) groups is 1. The standard InChI is InChI=1S/C16H22ClF3N4O2.HI/c1-21-15(23-9-14(25)24(2)10-16(18,19)20)22-7-6-11-4-5-12(26-3)8-13(11)17;/h4-5,8H,6-7,9-10H2,1-3H3,(H2,21,22,23);1H. The first kappa shape index (κ1) is 25.6. The Morgan fingerprint density at radius 3 is 2.52 bits per heavy atom. The topological polar surface area (TPSA) is 66.0 Å². The molecule has 0 aliphatic carbocycles. The zero-order valence-electron chi connectivity index (χ0n) is 15.2. The molecule has 11 heteroatoms. The van der Waals surface area contributed by atoms with E-state index >= 15 is 0 Å². The number of nitrogens with zero attached hydrogens (tertiary/aromatic N) is 2. The lowest BCUT2D eigenvalue weighted by atomic mass is 10.1. The zero-order chi connectivity index (χ0) is 19.7. The van der Waals surface area contributed by atoms with Gasteiger partial charge >= 0.3 is 6.18 Å². The van der Waals surface area contributed by atoms with Gasteiger partial charge < -0.3 is 20.3 Å². The summed E-state index contributed by atoms with van der Waals surface area (Å²) in [5.41, 5.74) is 0.899. The maximum Gasteiger partial charge on any atom is 0.406 e. The fourth-order valence-corrected chi connectivity index (χ4v) is 2.31. The molecular weight excluding hydrogens is 500 g/mol. The Bertz CT molecular complexity index is 645. The van der Waals surface area contributed by atoms with Crippen LogP contribution in [0.3, 0.4) is 0 Å². The third kappa shape index (κ3) is 9.89. The van der Waals surface area contributed by atoms with E-state index in [1.807, 2.05) is 6.07 Å². The monoisotopic (exact) mass is 522 g/mol. The summed E-state index contributed by atoms with van der Waals surface area (Å²) in [5.74, 6) is 0.276. The van der Waals surface area contributed by atoms with Gasteiger partial charge in [-0.1, -0.05) is 17.7 Å². The second kappa shape index (κ2) is 12.1. The van der Waals surface area contributed by atoms with Crippen LogP contribution in [0.2, 0.25) is 5.02 Å². The smallest absolute Gasteiger partial charge is 0.406 e. The quantitative estimate of drug-likeness (QED) is 0.328. The number of benzene rings is 1. The fraction of sp³-hybridized carbons (Fsp3) is 0.500. The number of carbonyl (C=O) groups is 1. The van der Waals surface area contributed by atoms with E-state index in [1.54, 1.807) is 19.2 Å². The van der Waals surface area contributed by atoms with Crippen LogP contribution in [-0.4, -0.2) is 63.8 Å². The largest absolute Gasteiger partial charge is 0.497 e. The first-order valence-electron chi connectivity index (χ1n) is 7.74. The lowest BCUT2D eigenvalue weighted by Gasteiger charge is -2.20. The number of halogens is 5. The van der Waals surface area contributed by atoms with Gasteiger partial charge in [-0.3, -0.25) is 9.79 Å². The number of likely N-dealkylation sites (N-methyl/N-ethyl adjacent to an activating group) is 1. The lowest BCUT2D eigenvalue weighted by molar-refractivity contribution is -0.157. The van der Waals surface area contributed by atoms with Crippen LogP contribution in [0.5, 0.6) is 5.75 Å². The number of alkyl halides is 3. The number of ether oxygens (including phenoxy) is 1. The van der Waals surface area contributed by atoms with Crippen molar-refractivity contribution >= 4 is 47.4 Å². The average molecular weight is 523 g/mol. The number of guanidine groups is 1. The summed E-state index contributed by atoms with van der Waals surface area (Å²) < 4.78 is 41.9. The highest BCUT2D eigenvalue weighted by Crippen LogP contribution is 2.22. The molecule has 0 bridgehead atoms. The third-order valence-electron chi connectivity index (χ3n) is 3.42. The van der Waals surface area contributed by atoms with Crippen molar-refractivity contribution in [2.75, 3.05) is 40.8 Å². The van der Waals surface area contributed by atoms with Crippen LogP contribution < -0.4 is 15.4 Å². The Morgan fingerprint density at radius 1 is 1.33 bits per heavy atom. The number of rotatable bonds is 7. The highest BCUT2D eigenvalue weighted by atomic mass is 127. The molecule has 2 N–H and O–H groups in total. The molecule has 1 amide bonds. The van der Waals surface area contributed by atoms with Crippen LogP contribution in [0.1, 0.15) is 5.56 Å². The predicted molar refractivity (Wildman–Crippen MR) is 110 cm³/mol. The van der Waals surface area contributed by atoms with Gasteiger partial charge in [0.05, 0.1) is 13.7 Å². The molecule has 0 unspecified atom stereocenters. The Kier molecular flexibility index (Phi) is 11.5. The van der Waals surface area contributed by atoms with Crippen molar-refractivity contribution in [2.24, 2.45) is 4.99 Å². The van der Waals surface area contributed by atoms with E-state index < -0.39 is 18.6 Å². The Balaban J connectivity index is 0.00000676. The maximum absolute atomic E-state index is 12.3. The van der Waals surface area contributed by atoms with E-state index in [1.165, 1.54) is 7.05 Å². The first-order valence-corrected chi connectivity index (χ1v) is 8.11. The van der Waals surface area contributed by atoms with Crippen LogP contribution in [-0.2, 0) is 11.2 Å². The van der Waals surface area contributed by atoms with Gasteiger partial charge in [-0.2, -0.15) is 13.2 Å². The molecule has 0 fully saturated rings. The molecular formula is C16H23ClF3IN4O2. The fourth-order valence-electron chi connectivity index (χ4n) is 2.05. The summed E-state index contributed by atoms with van der Waals surface area (Å²) in [7, 11) is 4.15. The SMILES string of the molecule is CN=C(NCCc1ccc(OC)cc1Cl)NCC(=O)N(C)CC(F)(F)F.I. The van der Waals surface area contributed by atoms with Crippen LogP contribution >= 0.6 is 35.6 Å². The van der Waals surface area contributed by atoms with E-state index in [0.717, 1.165) is 12.6 Å². The molecule has 0 aromatic heterocycles. The molecule has 0 saturated heterocycles. The summed E-state index contributed by atoms with van der Waals surface area (Å²) in [6.45, 7) is -1.12. The number of amides is 1. The second-order valence-corrected chi connectivity index (χ2v) is 5.83. The van der Waals surface area contributed by atoms with Gasteiger partial charge in [0.15, 0.2) is 5.96 Å². The minimum Gasteiger partial charge on any atom is -0.497 e. The van der Waals surface area contributed by atoms with Crippen molar-refractivity contribution in [1.82, 2.24) is 15.5 Å². The molecule has 1 rings (SSSR count). The summed E-state index contributed by atoms with van der Waals surface area (Å²) in [5, 5.41) is 6.22. The normalized spacial score (nSPS) is 11.4. The van der Waals surface area contributed by atoms with Crippen molar-refractivity contribution in [1.29, 1.82) is 0 Å². The lowest BCUT2D eigenvalue weighted by Crippen LogP contribution is -2.45. The van der Waals surface area contributed by atoms with Gasteiger partial charge in [0.25, 0.3) is 0 Å². The van der Waals surface area contributed by atoms with Gasteiger partial charge in [0.1, 0.15) is 12.3 Å². The van der Waals surface area contributed by atoms with E-state index in [2.05, 4.69) is 15.6 Å². The van der Waals surface area contributed by atoms with Gasteiger partial charge in [0.2, 0.25) is 5.91 Å². The summed E-state index contributed by atoms with van der Waals surface area (Å²) in [4.78, 5) is 16.2. The Morgan fingerprint density at radius 2 is 2.00 bits per heavy atom. The average Bonchev–Trinajstić information content (AvgIpc) is 2.57. The molecule has 27 heavy (non-hydrogen) atoms. The molecule has 0 aliphatic rings. The summed E-state index contributed by atoms with van der Waals surface area (Å²) in [6.07, 6.45) is -3.84. The van der Waals surface area contributed by atoms with Crippen LogP contribution in [0.25, 0.3) is 0 Å². The predicted octanol–water partition coefficient (Wildman–Crippen LogP) is 2.69. The van der Waals surface area contributed by atoms with E-state index in [0.29, 0.717) is 34.6 Å². The molecule has 154 valence electrons. The number of nitrogens with one attached hydrogen (secondary N) is 2. The van der Waals surface area contributed by atoms with Crippen molar-refractivity contribution in [2.45, 2.75) is 12.6 Å². The van der Waals surface area contributed by atoms with Crippen LogP contribution in [0, 0.1) is 0 Å². The molecule has 0 heterocycles. The highest BCUT2D eigenvalue weighted by molar-refractivity contribution is 14.0. The molecule has 0 saturated carbocycles. The van der Waals surface area contributed by atoms with Crippen LogP contribution in [0.4, 0.5) is 13.2 Å². The molecule has 0 aliphatic heterocycles. The molecule has 0 atom stereocenters. The number of carbonyl (C=O) groups excluding carboxylic acids is 1. The van der Waals surface area contributed by atoms with Gasteiger partial charge in [-0.25, -0.2) is 0 Å². The van der Waals surface area contributed by atoms with Crippen molar-refractivity contribution < 1.29 is 22.7 Å². The van der Waals surface area contributed by atoms with Crippen molar-refractivity contribution in [3.63, 3.8) is 0 Å². The minimum atomic E-state index is -4.43. The number of hydrogen-bond acceptors (Lipinski definition) is 3. The highest BCUT2D eigenvalue weighted by Gasteiger charge is 2.31. The number of methoxy groups -OCH3 is 1. The molecule has 0 radical (unpaired) electrons. The second-order valence-electron chi connectivity index (χ2n) is 5.42. The van der Waals surface area contributed by atoms with Gasteiger partial charge in [-0.05, 0) is 24.1 Å². The van der Waals surface area contributed by atoms with Gasteiger partial charge in [0, 0.05) is 25.7 Å². The summed E-state index contributed by atoms with van der Waals surface area (Å²) in [6, 6.07) is 5.34. The van der Waals surface area contributed by atoms with E-state index in [9.17, 15) is 18.0 Å². The van der Waals surface area contributed by atoms with Crippen molar-refractivity contribution in [3.05, 3.63) is 28.8 Å². The Hall–Kier alpha value is -1.43.